The SMILES string of the molecule is O=C1NCCc2ccc(-n3ccnc3-c3c(F)cccc3F)cc21. The lowest BCUT2D eigenvalue weighted by Crippen LogP contribution is -2.31. The van der Waals surface area contributed by atoms with Crippen molar-refractivity contribution in [2.45, 2.75) is 6.42 Å². The molecule has 24 heavy (non-hydrogen) atoms. The van der Waals surface area contributed by atoms with Gasteiger partial charge in [-0.3, -0.25) is 9.36 Å². The topological polar surface area (TPSA) is 46.9 Å². The third-order valence-corrected chi connectivity index (χ3v) is 4.12. The maximum atomic E-state index is 14.1. The third-order valence-electron chi connectivity index (χ3n) is 4.12. The Hall–Kier alpha value is -3.02. The van der Waals surface area contributed by atoms with Crippen molar-refractivity contribution in [3.05, 3.63) is 71.6 Å². The molecule has 1 N–H and O–H groups in total. The van der Waals surface area contributed by atoms with Crippen molar-refractivity contribution in [1.82, 2.24) is 14.9 Å². The van der Waals surface area contributed by atoms with Crippen LogP contribution in [0.3, 0.4) is 0 Å². The zero-order valence-electron chi connectivity index (χ0n) is 12.6. The van der Waals surface area contributed by atoms with E-state index >= 15 is 0 Å². The zero-order valence-corrected chi connectivity index (χ0v) is 12.6. The number of nitrogens with one attached hydrogen (secondary N) is 1. The summed E-state index contributed by atoms with van der Waals surface area (Å²) in [7, 11) is 0. The molecule has 6 heteroatoms. The lowest BCUT2D eigenvalue weighted by atomic mass is 9.99. The average Bonchev–Trinajstić information content (AvgIpc) is 3.04. The molecule has 1 aromatic heterocycles. The van der Waals surface area contributed by atoms with E-state index in [1.165, 1.54) is 24.4 Å². The van der Waals surface area contributed by atoms with Gasteiger partial charge in [-0.1, -0.05) is 12.1 Å². The van der Waals surface area contributed by atoms with Gasteiger partial charge in [0.05, 0.1) is 5.56 Å². The Labute approximate surface area is 136 Å². The van der Waals surface area contributed by atoms with Gasteiger partial charge in [0, 0.05) is 30.2 Å². The third kappa shape index (κ3) is 2.27. The Balaban J connectivity index is 1.87. The Morgan fingerprint density at radius 1 is 1.12 bits per heavy atom. The number of hydrogen-bond donors (Lipinski definition) is 1. The van der Waals surface area contributed by atoms with E-state index in [-0.39, 0.29) is 17.3 Å². The van der Waals surface area contributed by atoms with Gasteiger partial charge < -0.3 is 5.32 Å². The fourth-order valence-electron chi connectivity index (χ4n) is 2.96. The molecule has 0 fully saturated rings. The molecule has 0 bridgehead atoms. The van der Waals surface area contributed by atoms with Crippen LogP contribution in [-0.4, -0.2) is 22.0 Å². The molecule has 0 spiro atoms. The van der Waals surface area contributed by atoms with Crippen LogP contribution in [0.15, 0.2) is 48.8 Å². The fourth-order valence-corrected chi connectivity index (χ4v) is 2.96. The summed E-state index contributed by atoms with van der Waals surface area (Å²) in [5.41, 5.74) is 1.97. The summed E-state index contributed by atoms with van der Waals surface area (Å²) in [5.74, 6) is -1.35. The second kappa shape index (κ2) is 5.56. The van der Waals surface area contributed by atoms with Crippen LogP contribution in [0.25, 0.3) is 17.1 Å². The second-order valence-electron chi connectivity index (χ2n) is 5.56. The van der Waals surface area contributed by atoms with Gasteiger partial charge in [0.25, 0.3) is 5.91 Å². The number of rotatable bonds is 2. The molecule has 0 aliphatic carbocycles. The molecule has 0 saturated carbocycles. The van der Waals surface area contributed by atoms with E-state index in [4.69, 9.17) is 0 Å². The van der Waals surface area contributed by atoms with E-state index in [1.807, 2.05) is 12.1 Å². The monoisotopic (exact) mass is 325 g/mol. The van der Waals surface area contributed by atoms with E-state index in [0.29, 0.717) is 17.8 Å². The summed E-state index contributed by atoms with van der Waals surface area (Å²) in [5, 5.41) is 2.79. The van der Waals surface area contributed by atoms with Crippen LogP contribution in [0, 0.1) is 11.6 Å². The highest BCUT2D eigenvalue weighted by Crippen LogP contribution is 2.28. The van der Waals surface area contributed by atoms with Gasteiger partial charge in [0.2, 0.25) is 0 Å². The first-order valence-electron chi connectivity index (χ1n) is 7.54. The van der Waals surface area contributed by atoms with E-state index in [9.17, 15) is 13.6 Å². The van der Waals surface area contributed by atoms with Crippen LogP contribution in [0.5, 0.6) is 0 Å². The number of amides is 1. The number of carbonyl (C=O) groups is 1. The molecular formula is C18H13F2N3O. The molecule has 4 rings (SSSR count). The maximum Gasteiger partial charge on any atom is 0.251 e. The van der Waals surface area contributed by atoms with Crippen LogP contribution in [0.1, 0.15) is 15.9 Å². The minimum absolute atomic E-state index is 0.142. The Morgan fingerprint density at radius 2 is 1.92 bits per heavy atom. The molecule has 3 aromatic rings. The smallest absolute Gasteiger partial charge is 0.251 e. The van der Waals surface area contributed by atoms with Crippen molar-refractivity contribution in [1.29, 1.82) is 0 Å². The van der Waals surface area contributed by atoms with Gasteiger partial charge in [-0.25, -0.2) is 13.8 Å². The molecule has 2 aromatic carbocycles. The molecule has 2 heterocycles. The lowest BCUT2D eigenvalue weighted by Gasteiger charge is -2.18. The zero-order chi connectivity index (χ0) is 16.7. The number of benzene rings is 2. The lowest BCUT2D eigenvalue weighted by molar-refractivity contribution is 0.0946. The highest BCUT2D eigenvalue weighted by molar-refractivity contribution is 5.97. The Morgan fingerprint density at radius 3 is 2.71 bits per heavy atom. The number of imidazole rings is 1. The first-order valence-corrected chi connectivity index (χ1v) is 7.54. The Kier molecular flexibility index (Phi) is 3.37. The van der Waals surface area contributed by atoms with Crippen LogP contribution in [0.2, 0.25) is 0 Å². The average molecular weight is 325 g/mol. The molecule has 0 radical (unpaired) electrons. The minimum Gasteiger partial charge on any atom is -0.352 e. The molecule has 1 amide bonds. The standard InChI is InChI=1S/C18H13F2N3O/c19-14-2-1-3-15(20)16(14)17-21-8-9-23(17)12-5-4-11-6-7-22-18(24)13(11)10-12/h1-5,8-10H,6-7H2,(H,22,24). The highest BCUT2D eigenvalue weighted by atomic mass is 19.1. The molecule has 1 aliphatic heterocycles. The van der Waals surface area contributed by atoms with Crippen LogP contribution < -0.4 is 5.32 Å². The van der Waals surface area contributed by atoms with Crippen molar-refractivity contribution in [2.24, 2.45) is 0 Å². The van der Waals surface area contributed by atoms with Gasteiger partial charge >= 0.3 is 0 Å². The summed E-state index contributed by atoms with van der Waals surface area (Å²) in [4.78, 5) is 16.1. The predicted molar refractivity (Wildman–Crippen MR) is 85.0 cm³/mol. The summed E-state index contributed by atoms with van der Waals surface area (Å²) < 4.78 is 29.7. The Bertz CT molecular complexity index is 929. The fraction of sp³-hybridized carbons (Fsp3) is 0.111. The number of carbonyl (C=O) groups excluding carboxylic acids is 1. The number of fused-ring (bicyclic) bond motifs is 1. The maximum absolute atomic E-state index is 14.1. The number of nitrogens with zero attached hydrogens (tertiary/aromatic N) is 2. The van der Waals surface area contributed by atoms with Crippen molar-refractivity contribution < 1.29 is 13.6 Å². The largest absolute Gasteiger partial charge is 0.352 e. The highest BCUT2D eigenvalue weighted by Gasteiger charge is 2.20. The van der Waals surface area contributed by atoms with Gasteiger partial charge in [-0.05, 0) is 36.2 Å². The molecule has 4 nitrogen and oxygen atoms in total. The molecule has 1 aliphatic rings. The second-order valence-corrected chi connectivity index (χ2v) is 5.56. The molecule has 0 saturated heterocycles. The van der Waals surface area contributed by atoms with Crippen molar-refractivity contribution in [3.8, 4) is 17.1 Å². The molecule has 0 atom stereocenters. The van der Waals surface area contributed by atoms with Gasteiger partial charge in [-0.2, -0.15) is 0 Å². The van der Waals surface area contributed by atoms with E-state index in [0.717, 1.165) is 12.0 Å². The molecular weight excluding hydrogens is 312 g/mol. The van der Waals surface area contributed by atoms with E-state index in [2.05, 4.69) is 10.3 Å². The van der Waals surface area contributed by atoms with Gasteiger partial charge in [0.1, 0.15) is 17.5 Å². The summed E-state index contributed by atoms with van der Waals surface area (Å²) in [6, 6.07) is 9.10. The van der Waals surface area contributed by atoms with Gasteiger partial charge in [-0.15, -0.1) is 0 Å². The van der Waals surface area contributed by atoms with Crippen LogP contribution in [0.4, 0.5) is 8.78 Å². The minimum atomic E-state index is -0.682. The molecule has 120 valence electrons. The van der Waals surface area contributed by atoms with Gasteiger partial charge in [0.15, 0.2) is 0 Å². The van der Waals surface area contributed by atoms with Crippen molar-refractivity contribution in [3.63, 3.8) is 0 Å². The number of aromatic nitrogens is 2. The van der Waals surface area contributed by atoms with Crippen molar-refractivity contribution >= 4 is 5.91 Å². The van der Waals surface area contributed by atoms with Crippen LogP contribution in [-0.2, 0) is 6.42 Å². The number of hydrogen-bond acceptors (Lipinski definition) is 2. The number of halogens is 2. The predicted octanol–water partition coefficient (Wildman–Crippen LogP) is 3.10. The summed E-state index contributed by atoms with van der Waals surface area (Å²) >= 11 is 0. The molecule has 0 unspecified atom stereocenters. The van der Waals surface area contributed by atoms with Crippen molar-refractivity contribution in [2.75, 3.05) is 6.54 Å². The van der Waals surface area contributed by atoms with E-state index in [1.54, 1.807) is 16.8 Å². The summed E-state index contributed by atoms with van der Waals surface area (Å²) in [6.45, 7) is 0.613. The summed E-state index contributed by atoms with van der Waals surface area (Å²) in [6.07, 6.45) is 3.85. The normalized spacial score (nSPS) is 13.5. The first-order chi connectivity index (χ1) is 11.6. The van der Waals surface area contributed by atoms with E-state index < -0.39 is 11.6 Å². The quantitative estimate of drug-likeness (QED) is 0.787. The first kappa shape index (κ1) is 14.6. The van der Waals surface area contributed by atoms with Crippen LogP contribution >= 0.6 is 0 Å².